The average molecular weight is 249 g/mol. The third-order valence-electron chi connectivity index (χ3n) is 2.59. The predicted molar refractivity (Wildman–Crippen MR) is 69.0 cm³/mol. The zero-order valence-corrected chi connectivity index (χ0v) is 10.9. The Kier molecular flexibility index (Phi) is 3.81. The fourth-order valence-corrected chi connectivity index (χ4v) is 1.80. The van der Waals surface area contributed by atoms with Gasteiger partial charge in [0.05, 0.1) is 6.04 Å². The molecule has 1 heterocycles. The molecule has 1 N–H and O–H groups in total. The standard InChI is InChI=1S/C12H15N3OS/c1-8(13-2)12-14-11(15-16-12)9-4-6-10(17-3)7-5-9/h4-8,13H,1-3H3. The zero-order valence-electron chi connectivity index (χ0n) is 10.1. The summed E-state index contributed by atoms with van der Waals surface area (Å²) in [6.45, 7) is 1.98. The van der Waals surface area contributed by atoms with E-state index in [1.165, 1.54) is 4.90 Å². The summed E-state index contributed by atoms with van der Waals surface area (Å²) in [7, 11) is 1.86. The van der Waals surface area contributed by atoms with Gasteiger partial charge in [0.25, 0.3) is 0 Å². The van der Waals surface area contributed by atoms with Crippen molar-refractivity contribution in [3.8, 4) is 11.4 Å². The van der Waals surface area contributed by atoms with Crippen LogP contribution in [-0.2, 0) is 0 Å². The lowest BCUT2D eigenvalue weighted by atomic mass is 10.2. The van der Waals surface area contributed by atoms with Gasteiger partial charge in [0.1, 0.15) is 0 Å². The van der Waals surface area contributed by atoms with E-state index in [0.29, 0.717) is 11.7 Å². The molecule has 0 aliphatic rings. The van der Waals surface area contributed by atoms with Gasteiger partial charge in [-0.2, -0.15) is 4.98 Å². The molecule has 4 nitrogen and oxygen atoms in total. The van der Waals surface area contributed by atoms with Crippen LogP contribution in [0.15, 0.2) is 33.7 Å². The molecule has 1 atom stereocenters. The first-order chi connectivity index (χ1) is 8.24. The first-order valence-corrected chi connectivity index (χ1v) is 6.62. The van der Waals surface area contributed by atoms with Crippen molar-refractivity contribution in [2.45, 2.75) is 17.9 Å². The third kappa shape index (κ3) is 2.68. The van der Waals surface area contributed by atoms with Crippen molar-refractivity contribution in [1.82, 2.24) is 15.5 Å². The zero-order chi connectivity index (χ0) is 12.3. The van der Waals surface area contributed by atoms with Crippen molar-refractivity contribution in [2.24, 2.45) is 0 Å². The lowest BCUT2D eigenvalue weighted by Gasteiger charge is -2.01. The van der Waals surface area contributed by atoms with Gasteiger partial charge in [-0.1, -0.05) is 5.16 Å². The lowest BCUT2D eigenvalue weighted by molar-refractivity contribution is 0.347. The van der Waals surface area contributed by atoms with Gasteiger partial charge in [-0.15, -0.1) is 11.8 Å². The number of hydrogen-bond donors (Lipinski definition) is 1. The SMILES string of the molecule is CNC(C)c1nc(-c2ccc(SC)cc2)no1. The first-order valence-electron chi connectivity index (χ1n) is 5.40. The topological polar surface area (TPSA) is 51.0 Å². The Morgan fingerprint density at radius 3 is 2.59 bits per heavy atom. The van der Waals surface area contributed by atoms with Crippen molar-refractivity contribution in [3.63, 3.8) is 0 Å². The Labute approximate surface area is 105 Å². The molecular formula is C12H15N3OS. The molecule has 0 radical (unpaired) electrons. The summed E-state index contributed by atoms with van der Waals surface area (Å²) in [5.74, 6) is 1.24. The summed E-state index contributed by atoms with van der Waals surface area (Å²) in [5.41, 5.74) is 0.973. The van der Waals surface area contributed by atoms with Crippen LogP contribution in [0, 0.1) is 0 Å². The van der Waals surface area contributed by atoms with Crippen LogP contribution in [0.1, 0.15) is 18.9 Å². The van der Waals surface area contributed by atoms with Crippen LogP contribution in [0.3, 0.4) is 0 Å². The molecule has 5 heteroatoms. The van der Waals surface area contributed by atoms with Crippen LogP contribution in [0.25, 0.3) is 11.4 Å². The van der Waals surface area contributed by atoms with Crippen LogP contribution in [0.2, 0.25) is 0 Å². The molecule has 0 bridgehead atoms. The maximum atomic E-state index is 5.20. The van der Waals surface area contributed by atoms with Crippen molar-refractivity contribution >= 4 is 11.8 Å². The second-order valence-electron chi connectivity index (χ2n) is 3.70. The van der Waals surface area contributed by atoms with Gasteiger partial charge in [0.2, 0.25) is 11.7 Å². The normalized spacial score (nSPS) is 12.6. The molecule has 0 spiro atoms. The van der Waals surface area contributed by atoms with Crippen LogP contribution >= 0.6 is 11.8 Å². The van der Waals surface area contributed by atoms with E-state index in [-0.39, 0.29) is 6.04 Å². The van der Waals surface area contributed by atoms with E-state index in [4.69, 9.17) is 4.52 Å². The number of aromatic nitrogens is 2. The Hall–Kier alpha value is -1.33. The number of nitrogens with one attached hydrogen (secondary N) is 1. The molecular weight excluding hydrogens is 234 g/mol. The minimum absolute atomic E-state index is 0.0710. The Balaban J connectivity index is 2.24. The van der Waals surface area contributed by atoms with Gasteiger partial charge in [0.15, 0.2) is 0 Å². The fraction of sp³-hybridized carbons (Fsp3) is 0.333. The van der Waals surface area contributed by atoms with Gasteiger partial charge >= 0.3 is 0 Å². The highest BCUT2D eigenvalue weighted by Crippen LogP contribution is 2.21. The quantitative estimate of drug-likeness (QED) is 0.844. The van der Waals surface area contributed by atoms with Crippen LogP contribution in [-0.4, -0.2) is 23.4 Å². The number of rotatable bonds is 4. The molecule has 17 heavy (non-hydrogen) atoms. The Morgan fingerprint density at radius 1 is 1.29 bits per heavy atom. The fourth-order valence-electron chi connectivity index (χ4n) is 1.39. The van der Waals surface area contributed by atoms with E-state index in [1.54, 1.807) is 11.8 Å². The van der Waals surface area contributed by atoms with E-state index >= 15 is 0 Å². The minimum atomic E-state index is 0.0710. The Morgan fingerprint density at radius 2 is 2.00 bits per heavy atom. The third-order valence-corrected chi connectivity index (χ3v) is 3.34. The second kappa shape index (κ2) is 5.33. The lowest BCUT2D eigenvalue weighted by Crippen LogP contribution is -2.12. The van der Waals surface area contributed by atoms with Crippen molar-refractivity contribution in [3.05, 3.63) is 30.2 Å². The monoisotopic (exact) mass is 249 g/mol. The molecule has 0 saturated heterocycles. The molecule has 1 unspecified atom stereocenters. The molecule has 0 aliphatic heterocycles. The summed E-state index contributed by atoms with van der Waals surface area (Å²) < 4.78 is 5.20. The van der Waals surface area contributed by atoms with Gasteiger partial charge < -0.3 is 9.84 Å². The Bertz CT molecular complexity index is 481. The molecule has 2 aromatic rings. The number of nitrogens with zero attached hydrogens (tertiary/aromatic N) is 2. The molecule has 0 amide bonds. The maximum absolute atomic E-state index is 5.20. The predicted octanol–water partition coefficient (Wildman–Crippen LogP) is 2.74. The largest absolute Gasteiger partial charge is 0.337 e. The van der Waals surface area contributed by atoms with E-state index in [9.17, 15) is 0 Å². The van der Waals surface area contributed by atoms with Gasteiger partial charge in [-0.25, -0.2) is 0 Å². The second-order valence-corrected chi connectivity index (χ2v) is 4.57. The molecule has 1 aromatic carbocycles. The minimum Gasteiger partial charge on any atom is -0.337 e. The summed E-state index contributed by atoms with van der Waals surface area (Å²) in [4.78, 5) is 5.58. The van der Waals surface area contributed by atoms with Crippen molar-refractivity contribution in [1.29, 1.82) is 0 Å². The van der Waals surface area contributed by atoms with Gasteiger partial charge in [-0.05, 0) is 44.5 Å². The van der Waals surface area contributed by atoms with E-state index in [0.717, 1.165) is 5.56 Å². The smallest absolute Gasteiger partial charge is 0.243 e. The van der Waals surface area contributed by atoms with Gasteiger partial charge in [0, 0.05) is 10.5 Å². The number of thioether (sulfide) groups is 1. The molecule has 90 valence electrons. The van der Waals surface area contributed by atoms with E-state index in [2.05, 4.69) is 33.8 Å². The summed E-state index contributed by atoms with van der Waals surface area (Å²) in [6, 6.07) is 8.19. The summed E-state index contributed by atoms with van der Waals surface area (Å²) in [5, 5.41) is 7.04. The molecule has 0 saturated carbocycles. The molecule has 0 fully saturated rings. The van der Waals surface area contributed by atoms with Gasteiger partial charge in [-0.3, -0.25) is 0 Å². The van der Waals surface area contributed by atoms with Crippen molar-refractivity contribution in [2.75, 3.05) is 13.3 Å². The molecule has 2 rings (SSSR count). The van der Waals surface area contributed by atoms with Crippen LogP contribution in [0.4, 0.5) is 0 Å². The summed E-state index contributed by atoms with van der Waals surface area (Å²) in [6.07, 6.45) is 2.05. The first kappa shape index (κ1) is 12.1. The van der Waals surface area contributed by atoms with E-state index in [1.807, 2.05) is 26.1 Å². The number of benzene rings is 1. The highest BCUT2D eigenvalue weighted by Gasteiger charge is 2.13. The average Bonchev–Trinajstić information content (AvgIpc) is 2.87. The molecule has 1 aromatic heterocycles. The van der Waals surface area contributed by atoms with Crippen LogP contribution in [0.5, 0.6) is 0 Å². The number of hydrogen-bond acceptors (Lipinski definition) is 5. The summed E-state index contributed by atoms with van der Waals surface area (Å²) >= 11 is 1.71. The van der Waals surface area contributed by atoms with Crippen molar-refractivity contribution < 1.29 is 4.52 Å². The van der Waals surface area contributed by atoms with E-state index < -0.39 is 0 Å². The maximum Gasteiger partial charge on any atom is 0.243 e. The highest BCUT2D eigenvalue weighted by molar-refractivity contribution is 7.98. The molecule has 0 aliphatic carbocycles. The van der Waals surface area contributed by atoms with Crippen LogP contribution < -0.4 is 5.32 Å². The highest BCUT2D eigenvalue weighted by atomic mass is 32.2.